The molecule has 0 amide bonds. The fourth-order valence-corrected chi connectivity index (χ4v) is 2.00. The van der Waals surface area contributed by atoms with E-state index in [4.69, 9.17) is 33.7 Å². The molecule has 0 atom stereocenters. The van der Waals surface area contributed by atoms with E-state index >= 15 is 0 Å². The predicted molar refractivity (Wildman–Crippen MR) is 71.7 cm³/mol. The number of rotatable bonds is 3. The van der Waals surface area contributed by atoms with Crippen LogP contribution in [0, 0.1) is 0 Å². The van der Waals surface area contributed by atoms with Crippen molar-refractivity contribution in [2.75, 3.05) is 12.3 Å². The number of carbonyl (C=O) groups excluding carboxylic acids is 1. The van der Waals surface area contributed by atoms with Crippen LogP contribution in [-0.2, 0) is 4.74 Å². The number of hydrogen-bond donors (Lipinski definition) is 1. The summed E-state index contributed by atoms with van der Waals surface area (Å²) in [6.45, 7) is 1.92. The largest absolute Gasteiger partial charge is 0.461 e. The third-order valence-electron chi connectivity index (χ3n) is 2.27. The van der Waals surface area contributed by atoms with Crippen LogP contribution in [0.4, 0.5) is 5.82 Å². The molecule has 0 saturated heterocycles. The standard InChI is InChI=1S/C11H10Cl2N4O2/c1-2-19-11(18)9-10(14)17(16-15-9)8-4-6(12)3-7(13)5-8/h3-5H,2,14H2,1H3. The van der Waals surface area contributed by atoms with Crippen molar-refractivity contribution in [2.45, 2.75) is 6.92 Å². The van der Waals surface area contributed by atoms with E-state index in [0.29, 0.717) is 15.7 Å². The maximum absolute atomic E-state index is 11.6. The molecule has 1 heterocycles. The molecule has 100 valence electrons. The highest BCUT2D eigenvalue weighted by Crippen LogP contribution is 2.23. The van der Waals surface area contributed by atoms with Gasteiger partial charge in [0, 0.05) is 10.0 Å². The van der Waals surface area contributed by atoms with E-state index in [1.165, 1.54) is 4.68 Å². The van der Waals surface area contributed by atoms with Gasteiger partial charge in [-0.1, -0.05) is 28.4 Å². The van der Waals surface area contributed by atoms with E-state index < -0.39 is 5.97 Å². The van der Waals surface area contributed by atoms with Crippen molar-refractivity contribution < 1.29 is 9.53 Å². The molecule has 1 aromatic heterocycles. The Bertz CT molecular complexity index is 607. The van der Waals surface area contributed by atoms with Crippen LogP contribution >= 0.6 is 23.2 Å². The molecule has 6 nitrogen and oxygen atoms in total. The van der Waals surface area contributed by atoms with Crippen LogP contribution in [0.2, 0.25) is 10.0 Å². The van der Waals surface area contributed by atoms with Crippen LogP contribution in [0.5, 0.6) is 0 Å². The number of benzene rings is 1. The quantitative estimate of drug-likeness (QED) is 0.880. The number of anilines is 1. The maximum Gasteiger partial charge on any atom is 0.362 e. The van der Waals surface area contributed by atoms with Gasteiger partial charge < -0.3 is 10.5 Å². The third kappa shape index (κ3) is 2.80. The molecule has 2 aromatic rings. The molecule has 0 aliphatic rings. The van der Waals surface area contributed by atoms with Gasteiger partial charge >= 0.3 is 5.97 Å². The van der Waals surface area contributed by atoms with Crippen LogP contribution in [0.3, 0.4) is 0 Å². The molecular weight excluding hydrogens is 291 g/mol. The molecule has 2 rings (SSSR count). The van der Waals surface area contributed by atoms with Crippen LogP contribution < -0.4 is 5.73 Å². The Morgan fingerprint density at radius 3 is 2.58 bits per heavy atom. The summed E-state index contributed by atoms with van der Waals surface area (Å²) in [6, 6.07) is 4.78. The molecule has 0 unspecified atom stereocenters. The van der Waals surface area contributed by atoms with E-state index in [1.54, 1.807) is 25.1 Å². The number of halogens is 2. The lowest BCUT2D eigenvalue weighted by molar-refractivity contribution is 0.0520. The van der Waals surface area contributed by atoms with Gasteiger partial charge in [-0.2, -0.15) is 4.68 Å². The summed E-state index contributed by atoms with van der Waals surface area (Å²) in [5, 5.41) is 8.34. The second kappa shape index (κ2) is 5.46. The van der Waals surface area contributed by atoms with Gasteiger partial charge in [0.15, 0.2) is 5.82 Å². The van der Waals surface area contributed by atoms with E-state index in [9.17, 15) is 4.79 Å². The lowest BCUT2D eigenvalue weighted by atomic mass is 10.3. The Balaban J connectivity index is 2.44. The Hall–Kier alpha value is -1.79. The second-order valence-corrected chi connectivity index (χ2v) is 4.46. The second-order valence-electron chi connectivity index (χ2n) is 3.58. The molecule has 0 radical (unpaired) electrons. The van der Waals surface area contributed by atoms with Crippen molar-refractivity contribution in [3.8, 4) is 5.69 Å². The fraction of sp³-hybridized carbons (Fsp3) is 0.182. The maximum atomic E-state index is 11.6. The molecule has 0 fully saturated rings. The van der Waals surface area contributed by atoms with Crippen LogP contribution in [-0.4, -0.2) is 27.6 Å². The SMILES string of the molecule is CCOC(=O)c1nnn(-c2cc(Cl)cc(Cl)c2)c1N. The average molecular weight is 301 g/mol. The van der Waals surface area contributed by atoms with Crippen LogP contribution in [0.15, 0.2) is 18.2 Å². The molecule has 19 heavy (non-hydrogen) atoms. The summed E-state index contributed by atoms with van der Waals surface area (Å²) in [7, 11) is 0. The van der Waals surface area contributed by atoms with Crippen molar-refractivity contribution in [1.29, 1.82) is 0 Å². The lowest BCUT2D eigenvalue weighted by Crippen LogP contribution is -2.09. The first kappa shape index (κ1) is 13.6. The van der Waals surface area contributed by atoms with Gasteiger partial charge in [0.1, 0.15) is 0 Å². The summed E-state index contributed by atoms with van der Waals surface area (Å²) < 4.78 is 6.09. The van der Waals surface area contributed by atoms with Crippen molar-refractivity contribution >= 4 is 35.0 Å². The van der Waals surface area contributed by atoms with Gasteiger partial charge in [-0.3, -0.25) is 0 Å². The van der Waals surface area contributed by atoms with Gasteiger partial charge in [0.25, 0.3) is 0 Å². The van der Waals surface area contributed by atoms with Crippen molar-refractivity contribution in [2.24, 2.45) is 0 Å². The average Bonchev–Trinajstić information content (AvgIpc) is 2.70. The number of nitrogen functional groups attached to an aromatic ring is 1. The third-order valence-corrected chi connectivity index (χ3v) is 2.70. The number of nitrogens with zero attached hydrogens (tertiary/aromatic N) is 3. The van der Waals surface area contributed by atoms with Gasteiger partial charge in [0.05, 0.1) is 12.3 Å². The highest BCUT2D eigenvalue weighted by molar-refractivity contribution is 6.34. The molecule has 0 saturated carbocycles. The normalized spacial score (nSPS) is 10.5. The number of aromatic nitrogens is 3. The van der Waals surface area contributed by atoms with Gasteiger partial charge in [-0.25, -0.2) is 4.79 Å². The van der Waals surface area contributed by atoms with E-state index in [-0.39, 0.29) is 18.1 Å². The molecule has 1 aromatic carbocycles. The number of ether oxygens (including phenoxy) is 1. The molecule has 0 spiro atoms. The molecule has 0 aliphatic heterocycles. The number of hydrogen-bond acceptors (Lipinski definition) is 5. The smallest absolute Gasteiger partial charge is 0.362 e. The summed E-state index contributed by atoms with van der Waals surface area (Å²) in [4.78, 5) is 11.6. The summed E-state index contributed by atoms with van der Waals surface area (Å²) in [5.41, 5.74) is 6.29. The Kier molecular flexibility index (Phi) is 3.92. The number of nitrogens with two attached hydrogens (primary N) is 1. The van der Waals surface area contributed by atoms with Crippen LogP contribution in [0.25, 0.3) is 5.69 Å². The van der Waals surface area contributed by atoms with Crippen molar-refractivity contribution in [1.82, 2.24) is 15.0 Å². The summed E-state index contributed by atoms with van der Waals surface area (Å²) in [6.07, 6.45) is 0. The first-order valence-electron chi connectivity index (χ1n) is 5.37. The van der Waals surface area contributed by atoms with E-state index in [2.05, 4.69) is 10.3 Å². The van der Waals surface area contributed by atoms with Crippen molar-refractivity contribution in [3.05, 3.63) is 33.9 Å². The summed E-state index contributed by atoms with van der Waals surface area (Å²) >= 11 is 11.8. The summed E-state index contributed by atoms with van der Waals surface area (Å²) in [5.74, 6) is -0.559. The van der Waals surface area contributed by atoms with E-state index in [1.807, 2.05) is 0 Å². The molecule has 0 bridgehead atoms. The predicted octanol–water partition coefficient (Wildman–Crippen LogP) is 2.33. The van der Waals surface area contributed by atoms with E-state index in [0.717, 1.165) is 0 Å². The number of esters is 1. The molecule has 8 heteroatoms. The highest BCUT2D eigenvalue weighted by Gasteiger charge is 2.19. The highest BCUT2D eigenvalue weighted by atomic mass is 35.5. The minimum absolute atomic E-state index is 0.0436. The van der Waals surface area contributed by atoms with Gasteiger partial charge in [0.2, 0.25) is 5.69 Å². The first-order valence-corrected chi connectivity index (χ1v) is 6.13. The number of carbonyl (C=O) groups is 1. The zero-order valence-corrected chi connectivity index (χ0v) is 11.4. The van der Waals surface area contributed by atoms with Gasteiger partial charge in [-0.15, -0.1) is 5.10 Å². The Morgan fingerprint density at radius 2 is 2.00 bits per heavy atom. The minimum Gasteiger partial charge on any atom is -0.461 e. The molecular formula is C11H10Cl2N4O2. The zero-order chi connectivity index (χ0) is 14.0. The monoisotopic (exact) mass is 300 g/mol. The first-order chi connectivity index (χ1) is 9.02. The topological polar surface area (TPSA) is 83.0 Å². The minimum atomic E-state index is -0.626. The zero-order valence-electron chi connectivity index (χ0n) is 9.93. The van der Waals surface area contributed by atoms with Crippen LogP contribution in [0.1, 0.15) is 17.4 Å². The Labute approximate surface area is 119 Å². The molecule has 0 aliphatic carbocycles. The van der Waals surface area contributed by atoms with Crippen molar-refractivity contribution in [3.63, 3.8) is 0 Å². The van der Waals surface area contributed by atoms with Gasteiger partial charge in [-0.05, 0) is 25.1 Å². The lowest BCUT2D eigenvalue weighted by Gasteiger charge is -2.04. The molecule has 2 N–H and O–H groups in total. The fourth-order valence-electron chi connectivity index (χ4n) is 1.49. The Morgan fingerprint density at radius 1 is 1.37 bits per heavy atom.